The minimum atomic E-state index is -0.925. The third-order valence-corrected chi connectivity index (χ3v) is 7.60. The lowest BCUT2D eigenvalue weighted by Crippen LogP contribution is -2.55. The van der Waals surface area contributed by atoms with E-state index in [9.17, 15) is 14.9 Å². The molecule has 2 saturated heterocycles. The summed E-state index contributed by atoms with van der Waals surface area (Å²) in [5.41, 5.74) is -1.07. The van der Waals surface area contributed by atoms with Crippen molar-refractivity contribution in [2.24, 2.45) is 11.3 Å². The topological polar surface area (TPSA) is 94.9 Å². The third-order valence-electron chi connectivity index (χ3n) is 7.60. The van der Waals surface area contributed by atoms with E-state index in [2.05, 4.69) is 37.1 Å². The Bertz CT molecular complexity index is 695. The fourth-order valence-electron chi connectivity index (χ4n) is 5.35. The van der Waals surface area contributed by atoms with Crippen LogP contribution in [0.5, 0.6) is 0 Å². The number of morpholine rings is 1. The van der Waals surface area contributed by atoms with Crippen LogP contribution in [-0.2, 0) is 14.3 Å². The minimum absolute atomic E-state index is 0.140. The maximum atomic E-state index is 13.4. The first-order chi connectivity index (χ1) is 15.3. The van der Waals surface area contributed by atoms with Gasteiger partial charge in [-0.05, 0) is 43.6 Å². The Hall–Kier alpha value is -1.85. The summed E-state index contributed by atoms with van der Waals surface area (Å²) >= 11 is 0. The maximum Gasteiger partial charge on any atom is 0.410 e. The number of carbonyl (C=O) groups excluding carboxylic acids is 2. The van der Waals surface area contributed by atoms with Crippen LogP contribution in [-0.4, -0.2) is 79.4 Å². The van der Waals surface area contributed by atoms with Gasteiger partial charge in [-0.25, -0.2) is 4.79 Å². The van der Waals surface area contributed by atoms with Gasteiger partial charge in [0, 0.05) is 26.2 Å². The molecular weight excluding hydrogens is 408 g/mol. The number of nitrogens with one attached hydrogen (secondary N) is 1. The van der Waals surface area contributed by atoms with Crippen LogP contribution >= 0.6 is 0 Å². The van der Waals surface area contributed by atoms with Crippen LogP contribution in [0.1, 0.15) is 65.7 Å². The van der Waals surface area contributed by atoms with Crippen molar-refractivity contribution < 1.29 is 19.1 Å². The SMILES string of the molecule is CCN1CCC(C#N)(NC(=O)[C@H](CC(C)(C)C2CCCCC2)OC(=O)N2CCOCC2)C1. The number of amides is 2. The molecule has 1 N–H and O–H groups in total. The first kappa shape index (κ1) is 24.8. The van der Waals surface area contributed by atoms with Crippen molar-refractivity contribution in [3.05, 3.63) is 0 Å². The molecule has 3 aliphatic rings. The Labute approximate surface area is 192 Å². The first-order valence-electron chi connectivity index (χ1n) is 12.3. The quantitative estimate of drug-likeness (QED) is 0.643. The number of rotatable bonds is 7. The van der Waals surface area contributed by atoms with Crippen LogP contribution < -0.4 is 5.32 Å². The smallest absolute Gasteiger partial charge is 0.410 e. The van der Waals surface area contributed by atoms with E-state index in [1.54, 1.807) is 4.90 Å². The van der Waals surface area contributed by atoms with Gasteiger partial charge in [0.15, 0.2) is 6.10 Å². The van der Waals surface area contributed by atoms with E-state index in [1.807, 2.05) is 0 Å². The summed E-state index contributed by atoms with van der Waals surface area (Å²) in [5.74, 6) is 0.149. The fourth-order valence-corrected chi connectivity index (χ4v) is 5.35. The van der Waals surface area contributed by atoms with Crippen molar-refractivity contribution in [1.82, 2.24) is 15.1 Å². The maximum absolute atomic E-state index is 13.4. The summed E-state index contributed by atoms with van der Waals surface area (Å²) in [5, 5.41) is 12.8. The predicted octanol–water partition coefficient (Wildman–Crippen LogP) is 2.92. The number of likely N-dealkylation sites (N-methyl/N-ethyl adjacent to an activating group) is 1. The summed E-state index contributed by atoms with van der Waals surface area (Å²) in [4.78, 5) is 30.1. The van der Waals surface area contributed by atoms with Gasteiger partial charge in [-0.1, -0.05) is 40.0 Å². The van der Waals surface area contributed by atoms with Crippen LogP contribution in [0.2, 0.25) is 0 Å². The van der Waals surface area contributed by atoms with Crippen molar-refractivity contribution in [3.63, 3.8) is 0 Å². The molecule has 180 valence electrons. The standard InChI is InChI=1S/C24H40N4O4/c1-4-27-11-10-24(17-25,18-27)26-21(29)20(32-22(30)28-12-14-31-15-13-28)16-23(2,3)19-8-6-5-7-9-19/h19-20H,4-16,18H2,1-3H3,(H,26,29)/t20-,24?/m0/s1. The Morgan fingerprint density at radius 3 is 2.50 bits per heavy atom. The van der Waals surface area contributed by atoms with Crippen LogP contribution in [0.4, 0.5) is 4.79 Å². The van der Waals surface area contributed by atoms with Gasteiger partial charge in [0.25, 0.3) is 5.91 Å². The molecule has 2 atom stereocenters. The lowest BCUT2D eigenvalue weighted by molar-refractivity contribution is -0.134. The Morgan fingerprint density at radius 2 is 1.91 bits per heavy atom. The molecule has 0 aromatic carbocycles. The van der Waals surface area contributed by atoms with Crippen LogP contribution in [0.3, 0.4) is 0 Å². The molecular formula is C24H40N4O4. The Balaban J connectivity index is 1.73. The van der Waals surface area contributed by atoms with Crippen LogP contribution in [0.25, 0.3) is 0 Å². The van der Waals surface area contributed by atoms with Crippen molar-refractivity contribution in [1.29, 1.82) is 5.26 Å². The molecule has 3 rings (SSSR count). The minimum Gasteiger partial charge on any atom is -0.436 e. The summed E-state index contributed by atoms with van der Waals surface area (Å²) in [6, 6.07) is 2.33. The van der Waals surface area contributed by atoms with Crippen LogP contribution in [0.15, 0.2) is 0 Å². The molecule has 0 bridgehead atoms. The van der Waals surface area contributed by atoms with Gasteiger partial charge in [-0.2, -0.15) is 5.26 Å². The summed E-state index contributed by atoms with van der Waals surface area (Å²) in [6.45, 7) is 10.4. The zero-order valence-corrected chi connectivity index (χ0v) is 20.0. The molecule has 1 aliphatic carbocycles. The highest BCUT2D eigenvalue weighted by atomic mass is 16.6. The van der Waals surface area contributed by atoms with E-state index in [0.29, 0.717) is 51.6 Å². The largest absolute Gasteiger partial charge is 0.436 e. The van der Waals surface area contributed by atoms with Crippen molar-refractivity contribution in [2.45, 2.75) is 77.4 Å². The third kappa shape index (κ3) is 6.14. The van der Waals surface area contributed by atoms with E-state index in [1.165, 1.54) is 19.3 Å². The van der Waals surface area contributed by atoms with Gasteiger partial charge in [-0.3, -0.25) is 4.79 Å². The molecule has 1 unspecified atom stereocenters. The molecule has 2 aliphatic heterocycles. The second-order valence-corrected chi connectivity index (χ2v) is 10.3. The molecule has 2 heterocycles. The summed E-state index contributed by atoms with van der Waals surface area (Å²) in [7, 11) is 0. The normalized spacial score (nSPS) is 26.4. The molecule has 0 spiro atoms. The van der Waals surface area contributed by atoms with E-state index in [0.717, 1.165) is 25.9 Å². The molecule has 1 saturated carbocycles. The number of ether oxygens (including phenoxy) is 2. The van der Waals surface area contributed by atoms with Gasteiger partial charge >= 0.3 is 6.09 Å². The predicted molar refractivity (Wildman–Crippen MR) is 121 cm³/mol. The van der Waals surface area contributed by atoms with Crippen LogP contribution in [0, 0.1) is 22.7 Å². The Kier molecular flexibility index (Phi) is 8.40. The molecule has 3 fully saturated rings. The molecule has 8 heteroatoms. The van der Waals surface area contributed by atoms with Gasteiger partial charge in [0.05, 0.1) is 19.3 Å². The average Bonchev–Trinajstić information content (AvgIpc) is 3.23. The Morgan fingerprint density at radius 1 is 1.22 bits per heavy atom. The van der Waals surface area contributed by atoms with Crippen molar-refractivity contribution in [2.75, 3.05) is 45.9 Å². The second-order valence-electron chi connectivity index (χ2n) is 10.3. The van der Waals surface area contributed by atoms with Gasteiger partial charge in [-0.15, -0.1) is 0 Å². The highest BCUT2D eigenvalue weighted by Crippen LogP contribution is 2.42. The van der Waals surface area contributed by atoms with Gasteiger partial charge < -0.3 is 24.6 Å². The molecule has 0 aromatic heterocycles. The molecule has 8 nitrogen and oxygen atoms in total. The lowest BCUT2D eigenvalue weighted by atomic mass is 9.68. The van der Waals surface area contributed by atoms with Crippen molar-refractivity contribution >= 4 is 12.0 Å². The lowest BCUT2D eigenvalue weighted by Gasteiger charge is -2.39. The number of likely N-dealkylation sites (tertiary alicyclic amines) is 1. The second kappa shape index (κ2) is 10.8. The van der Waals surface area contributed by atoms with Crippen molar-refractivity contribution in [3.8, 4) is 6.07 Å². The van der Waals surface area contributed by atoms with E-state index < -0.39 is 17.7 Å². The zero-order valence-electron chi connectivity index (χ0n) is 20.0. The molecule has 2 amide bonds. The number of hydrogen-bond donors (Lipinski definition) is 1. The summed E-state index contributed by atoms with van der Waals surface area (Å²) in [6.07, 6.45) is 5.63. The summed E-state index contributed by atoms with van der Waals surface area (Å²) < 4.78 is 11.2. The number of nitriles is 1. The molecule has 0 radical (unpaired) electrons. The zero-order chi connectivity index (χ0) is 23.2. The van der Waals surface area contributed by atoms with E-state index in [-0.39, 0.29) is 11.3 Å². The van der Waals surface area contributed by atoms with Gasteiger partial charge in [0.2, 0.25) is 0 Å². The fraction of sp³-hybridized carbons (Fsp3) is 0.875. The highest BCUT2D eigenvalue weighted by molar-refractivity contribution is 5.84. The highest BCUT2D eigenvalue weighted by Gasteiger charge is 2.43. The van der Waals surface area contributed by atoms with E-state index >= 15 is 0 Å². The number of nitrogens with zero attached hydrogens (tertiary/aromatic N) is 3. The molecule has 32 heavy (non-hydrogen) atoms. The monoisotopic (exact) mass is 448 g/mol. The average molecular weight is 449 g/mol. The number of hydrogen-bond acceptors (Lipinski definition) is 6. The van der Waals surface area contributed by atoms with Gasteiger partial charge in [0.1, 0.15) is 5.54 Å². The first-order valence-corrected chi connectivity index (χ1v) is 12.3. The molecule has 0 aromatic rings. The van der Waals surface area contributed by atoms with E-state index in [4.69, 9.17) is 9.47 Å². The number of carbonyl (C=O) groups is 2.